The molecule has 2 heteroatoms. The highest BCUT2D eigenvalue weighted by Gasteiger charge is 2.57. The first kappa shape index (κ1) is 21.2. The first-order chi connectivity index (χ1) is 13.4. The molecule has 2 N–H and O–H groups in total. The van der Waals surface area contributed by atoms with Crippen LogP contribution in [0, 0.1) is 40.9 Å². The minimum atomic E-state index is -0.349. The fraction of sp³-hybridized carbons (Fsp3) is 1.00. The summed E-state index contributed by atoms with van der Waals surface area (Å²) in [6.45, 7) is 6.92. The van der Waals surface area contributed by atoms with Crippen LogP contribution in [0.15, 0.2) is 0 Å². The summed E-state index contributed by atoms with van der Waals surface area (Å²) in [6.07, 6.45) is 17.4. The summed E-state index contributed by atoms with van der Waals surface area (Å²) in [5, 5.41) is 20.8. The molecule has 0 saturated heterocycles. The molecule has 0 amide bonds. The third kappa shape index (κ3) is 3.70. The molecule has 0 aromatic rings. The monoisotopic (exact) mass is 390 g/mol. The van der Waals surface area contributed by atoms with Crippen molar-refractivity contribution in [3.63, 3.8) is 0 Å². The molecule has 4 saturated carbocycles. The summed E-state index contributed by atoms with van der Waals surface area (Å²) < 4.78 is 0. The van der Waals surface area contributed by atoms with Crippen LogP contribution in [-0.4, -0.2) is 21.9 Å². The highest BCUT2D eigenvalue weighted by atomic mass is 16.3. The summed E-state index contributed by atoms with van der Waals surface area (Å²) in [6, 6.07) is 0. The van der Waals surface area contributed by atoms with Crippen LogP contribution in [0.1, 0.15) is 111 Å². The number of aliphatic hydroxyl groups excluding tert-OH is 1. The van der Waals surface area contributed by atoms with Gasteiger partial charge in [-0.1, -0.05) is 27.2 Å². The molecule has 0 radical (unpaired) electrons. The number of fused-ring (bicyclic) bond motifs is 5. The average Bonchev–Trinajstić information content (AvgIpc) is 3.04. The molecule has 2 nitrogen and oxygen atoms in total. The molecule has 4 aliphatic rings. The lowest BCUT2D eigenvalue weighted by molar-refractivity contribution is -0.107. The number of aliphatic hydroxyl groups is 2. The lowest BCUT2D eigenvalue weighted by Gasteiger charge is -2.57. The summed E-state index contributed by atoms with van der Waals surface area (Å²) in [7, 11) is 0. The zero-order valence-electron chi connectivity index (χ0n) is 18.8. The van der Waals surface area contributed by atoms with Gasteiger partial charge in [-0.2, -0.15) is 0 Å². The van der Waals surface area contributed by atoms with Crippen molar-refractivity contribution < 1.29 is 10.2 Å². The Morgan fingerprint density at radius 2 is 1.71 bits per heavy atom. The van der Waals surface area contributed by atoms with Gasteiger partial charge in [-0.3, -0.25) is 0 Å². The van der Waals surface area contributed by atoms with Gasteiger partial charge in [0.05, 0.1) is 11.7 Å². The van der Waals surface area contributed by atoms with E-state index in [1.807, 2.05) is 0 Å². The van der Waals surface area contributed by atoms with Gasteiger partial charge < -0.3 is 10.2 Å². The Balaban J connectivity index is 1.40. The van der Waals surface area contributed by atoms with Crippen LogP contribution in [0.2, 0.25) is 0 Å². The second-order valence-electron chi connectivity index (χ2n) is 11.6. The standard InChI is InChI=1S/C26H46O2/c1-4-20(27)8-6-7-19-10-12-24-23-11-9-18-17-26(28,5-2)16-14-21(18)22(23)13-15-25(19,24)3/h18-24,27-28H,4-17H2,1-3H3/t18?,19?,20?,21?,22?,23?,24?,25?,26-/m0/s1. The van der Waals surface area contributed by atoms with Crippen LogP contribution in [0.3, 0.4) is 0 Å². The molecular formula is C26H46O2. The maximum atomic E-state index is 10.9. The molecule has 8 unspecified atom stereocenters. The van der Waals surface area contributed by atoms with Gasteiger partial charge in [0.1, 0.15) is 0 Å². The zero-order valence-corrected chi connectivity index (χ0v) is 18.8. The number of hydrogen-bond acceptors (Lipinski definition) is 2. The van der Waals surface area contributed by atoms with Crippen molar-refractivity contribution >= 4 is 0 Å². The largest absolute Gasteiger partial charge is 0.393 e. The normalized spacial score (nSPS) is 49.2. The van der Waals surface area contributed by atoms with Crippen LogP contribution < -0.4 is 0 Å². The molecule has 4 fully saturated rings. The summed E-state index contributed by atoms with van der Waals surface area (Å²) in [5.74, 6) is 5.50. The fourth-order valence-electron chi connectivity index (χ4n) is 8.67. The van der Waals surface area contributed by atoms with E-state index in [0.717, 1.165) is 67.6 Å². The van der Waals surface area contributed by atoms with Crippen LogP contribution in [0.25, 0.3) is 0 Å². The van der Waals surface area contributed by atoms with Crippen molar-refractivity contribution in [3.05, 3.63) is 0 Å². The van der Waals surface area contributed by atoms with Crippen molar-refractivity contribution in [2.45, 2.75) is 122 Å². The van der Waals surface area contributed by atoms with Gasteiger partial charge in [0.15, 0.2) is 0 Å². The van der Waals surface area contributed by atoms with Crippen LogP contribution in [0.5, 0.6) is 0 Å². The van der Waals surface area contributed by atoms with Gasteiger partial charge in [0, 0.05) is 0 Å². The predicted molar refractivity (Wildman–Crippen MR) is 116 cm³/mol. The van der Waals surface area contributed by atoms with Crippen molar-refractivity contribution in [2.75, 3.05) is 0 Å². The SMILES string of the molecule is CCC(O)CCCC1CCC2C3CCC4C[C@](O)(CC)CCC4C3CCC12C. The Kier molecular flexibility index (Phi) is 6.21. The molecule has 0 spiro atoms. The van der Waals surface area contributed by atoms with E-state index in [1.165, 1.54) is 57.8 Å². The third-order valence-corrected chi connectivity index (χ3v) is 10.5. The van der Waals surface area contributed by atoms with E-state index in [2.05, 4.69) is 20.8 Å². The molecule has 0 heterocycles. The van der Waals surface area contributed by atoms with E-state index in [0.29, 0.717) is 5.41 Å². The molecule has 4 rings (SSSR count). The highest BCUT2D eigenvalue weighted by Crippen LogP contribution is 2.65. The average molecular weight is 391 g/mol. The van der Waals surface area contributed by atoms with Crippen LogP contribution in [0.4, 0.5) is 0 Å². The van der Waals surface area contributed by atoms with Crippen LogP contribution in [-0.2, 0) is 0 Å². The van der Waals surface area contributed by atoms with Gasteiger partial charge in [-0.15, -0.1) is 0 Å². The van der Waals surface area contributed by atoms with Gasteiger partial charge >= 0.3 is 0 Å². The smallest absolute Gasteiger partial charge is 0.0648 e. The summed E-state index contributed by atoms with van der Waals surface area (Å²) in [5.41, 5.74) is 0.225. The topological polar surface area (TPSA) is 40.5 Å². The fourth-order valence-corrected chi connectivity index (χ4v) is 8.67. The van der Waals surface area contributed by atoms with Gasteiger partial charge in [-0.25, -0.2) is 0 Å². The Bertz CT molecular complexity index is 533. The van der Waals surface area contributed by atoms with E-state index in [-0.39, 0.29) is 11.7 Å². The second-order valence-corrected chi connectivity index (χ2v) is 11.6. The maximum Gasteiger partial charge on any atom is 0.0648 e. The van der Waals surface area contributed by atoms with Crippen molar-refractivity contribution in [3.8, 4) is 0 Å². The van der Waals surface area contributed by atoms with E-state index < -0.39 is 0 Å². The Labute approximate surface area is 173 Å². The lowest BCUT2D eigenvalue weighted by atomic mass is 9.48. The summed E-state index contributed by atoms with van der Waals surface area (Å²) in [4.78, 5) is 0. The van der Waals surface area contributed by atoms with E-state index in [9.17, 15) is 10.2 Å². The van der Waals surface area contributed by atoms with Crippen molar-refractivity contribution in [1.82, 2.24) is 0 Å². The van der Waals surface area contributed by atoms with E-state index in [4.69, 9.17) is 0 Å². The van der Waals surface area contributed by atoms with E-state index >= 15 is 0 Å². The Morgan fingerprint density at radius 1 is 0.929 bits per heavy atom. The molecular weight excluding hydrogens is 344 g/mol. The molecule has 0 aromatic heterocycles. The van der Waals surface area contributed by atoms with Gasteiger partial charge in [0.25, 0.3) is 0 Å². The Hall–Kier alpha value is -0.0800. The molecule has 162 valence electrons. The maximum absolute atomic E-state index is 10.9. The van der Waals surface area contributed by atoms with E-state index in [1.54, 1.807) is 0 Å². The molecule has 0 aliphatic heterocycles. The molecule has 9 atom stereocenters. The third-order valence-electron chi connectivity index (χ3n) is 10.5. The highest BCUT2D eigenvalue weighted by molar-refractivity contribution is 5.06. The molecule has 0 aromatic carbocycles. The minimum Gasteiger partial charge on any atom is -0.393 e. The van der Waals surface area contributed by atoms with Crippen molar-refractivity contribution in [1.29, 1.82) is 0 Å². The number of rotatable bonds is 6. The predicted octanol–water partition coefficient (Wildman–Crippen LogP) is 6.34. The quantitative estimate of drug-likeness (QED) is 0.556. The second kappa shape index (κ2) is 8.22. The lowest BCUT2D eigenvalue weighted by Crippen LogP contribution is -2.50. The number of hydrogen-bond donors (Lipinski definition) is 2. The minimum absolute atomic E-state index is 0.0795. The van der Waals surface area contributed by atoms with Gasteiger partial charge in [-0.05, 0) is 124 Å². The van der Waals surface area contributed by atoms with Crippen LogP contribution >= 0.6 is 0 Å². The van der Waals surface area contributed by atoms with Crippen molar-refractivity contribution in [2.24, 2.45) is 40.9 Å². The first-order valence-electron chi connectivity index (χ1n) is 12.8. The summed E-state index contributed by atoms with van der Waals surface area (Å²) >= 11 is 0. The zero-order chi connectivity index (χ0) is 19.9. The molecule has 28 heavy (non-hydrogen) atoms. The molecule has 4 aliphatic carbocycles. The molecule has 0 bridgehead atoms. The first-order valence-corrected chi connectivity index (χ1v) is 12.8. The van der Waals surface area contributed by atoms with Gasteiger partial charge in [0.2, 0.25) is 0 Å². The Morgan fingerprint density at radius 3 is 2.46 bits per heavy atom.